The number of carbonyl (C=O) groups is 1. The Labute approximate surface area is 145 Å². The van der Waals surface area contributed by atoms with Crippen LogP contribution in [0.5, 0.6) is 11.5 Å². The number of ether oxygens (including phenoxy) is 2. The highest BCUT2D eigenvalue weighted by molar-refractivity contribution is 5.98. The molecule has 0 aliphatic rings. The zero-order valence-electron chi connectivity index (χ0n) is 14.1. The van der Waals surface area contributed by atoms with Gasteiger partial charge in [-0.05, 0) is 42.8 Å². The normalized spacial score (nSPS) is 11.0. The minimum atomic E-state index is -0.253. The number of carbonyl (C=O) groups excluding carboxylic acids is 1. The molecule has 0 saturated carbocycles. The smallest absolute Gasteiger partial charge is 0.262 e. The summed E-state index contributed by atoms with van der Waals surface area (Å²) >= 11 is 0. The van der Waals surface area contributed by atoms with Crippen molar-refractivity contribution in [2.45, 2.75) is 6.92 Å². The molecular formula is C19H19N3O3. The van der Waals surface area contributed by atoms with Gasteiger partial charge in [0.2, 0.25) is 0 Å². The van der Waals surface area contributed by atoms with E-state index >= 15 is 0 Å². The first-order valence-corrected chi connectivity index (χ1v) is 7.93. The van der Waals surface area contributed by atoms with Crippen molar-refractivity contribution in [2.75, 3.05) is 19.1 Å². The molecule has 1 heterocycles. The van der Waals surface area contributed by atoms with Crippen LogP contribution in [0.15, 0.2) is 54.9 Å². The first kappa shape index (κ1) is 16.6. The molecule has 0 atom stereocenters. The molecule has 2 aromatic carbocycles. The zero-order valence-corrected chi connectivity index (χ0v) is 14.1. The van der Waals surface area contributed by atoms with Gasteiger partial charge in [0.25, 0.3) is 5.91 Å². The second kappa shape index (κ2) is 7.53. The average molecular weight is 337 g/mol. The summed E-state index contributed by atoms with van der Waals surface area (Å²) in [5.74, 6) is 1.05. The highest BCUT2D eigenvalue weighted by Gasteiger charge is 2.05. The minimum Gasteiger partial charge on any atom is -0.493 e. The lowest BCUT2D eigenvalue weighted by molar-refractivity contribution is -0.112. The third kappa shape index (κ3) is 3.80. The quantitative estimate of drug-likeness (QED) is 0.701. The van der Waals surface area contributed by atoms with Gasteiger partial charge < -0.3 is 9.47 Å². The first-order valence-electron chi connectivity index (χ1n) is 7.93. The van der Waals surface area contributed by atoms with E-state index in [9.17, 15) is 4.79 Å². The molecule has 1 amide bonds. The Morgan fingerprint density at radius 3 is 2.88 bits per heavy atom. The van der Waals surface area contributed by atoms with Gasteiger partial charge in [-0.1, -0.05) is 18.2 Å². The Morgan fingerprint density at radius 1 is 1.24 bits per heavy atom. The second-order valence-electron chi connectivity index (χ2n) is 5.26. The summed E-state index contributed by atoms with van der Waals surface area (Å²) < 4.78 is 12.4. The molecule has 6 heteroatoms. The van der Waals surface area contributed by atoms with Gasteiger partial charge in [0, 0.05) is 6.08 Å². The van der Waals surface area contributed by atoms with Gasteiger partial charge in [0.1, 0.15) is 6.33 Å². The lowest BCUT2D eigenvalue weighted by Gasteiger charge is -2.09. The van der Waals surface area contributed by atoms with E-state index in [0.29, 0.717) is 18.1 Å². The number of nitrogens with zero attached hydrogens (tertiary/aromatic N) is 2. The predicted octanol–water partition coefficient (Wildman–Crippen LogP) is 3.23. The molecule has 0 aliphatic heterocycles. The molecule has 0 fully saturated rings. The molecule has 1 N–H and O–H groups in total. The van der Waals surface area contributed by atoms with Crippen LogP contribution in [0, 0.1) is 0 Å². The Hall–Kier alpha value is -3.28. The first-order chi connectivity index (χ1) is 12.2. The molecule has 0 unspecified atom stereocenters. The van der Waals surface area contributed by atoms with E-state index in [1.54, 1.807) is 24.2 Å². The summed E-state index contributed by atoms with van der Waals surface area (Å²) in [5.41, 5.74) is 5.28. The number of benzene rings is 2. The highest BCUT2D eigenvalue weighted by Crippen LogP contribution is 2.28. The summed E-state index contributed by atoms with van der Waals surface area (Å²) in [5, 5.41) is 0. The Bertz CT molecular complexity index is 915. The number of hydrogen-bond donors (Lipinski definition) is 1. The van der Waals surface area contributed by atoms with Gasteiger partial charge in [-0.25, -0.2) is 9.66 Å². The van der Waals surface area contributed by atoms with Crippen LogP contribution in [-0.4, -0.2) is 29.3 Å². The van der Waals surface area contributed by atoms with Crippen LogP contribution in [0.25, 0.3) is 17.1 Å². The molecule has 0 saturated heterocycles. The fraction of sp³-hybridized carbons (Fsp3) is 0.158. The van der Waals surface area contributed by atoms with Crippen LogP contribution in [-0.2, 0) is 4.79 Å². The number of nitrogens with one attached hydrogen (secondary N) is 1. The van der Waals surface area contributed by atoms with Crippen LogP contribution >= 0.6 is 0 Å². The molecule has 0 bridgehead atoms. The predicted molar refractivity (Wildman–Crippen MR) is 97.3 cm³/mol. The van der Waals surface area contributed by atoms with Gasteiger partial charge >= 0.3 is 0 Å². The molecule has 25 heavy (non-hydrogen) atoms. The number of para-hydroxylation sites is 2. The molecule has 0 aliphatic carbocycles. The summed E-state index contributed by atoms with van der Waals surface area (Å²) in [7, 11) is 1.59. The van der Waals surface area contributed by atoms with E-state index in [1.807, 2.05) is 49.4 Å². The van der Waals surface area contributed by atoms with E-state index in [4.69, 9.17) is 9.47 Å². The van der Waals surface area contributed by atoms with Gasteiger partial charge in [0.15, 0.2) is 11.5 Å². The van der Waals surface area contributed by atoms with Crippen molar-refractivity contribution in [3.05, 3.63) is 60.4 Å². The average Bonchev–Trinajstić information content (AvgIpc) is 3.03. The number of imidazole rings is 1. The molecule has 6 nitrogen and oxygen atoms in total. The SMILES string of the molecule is CCOc1cc(/C=C/C(=O)Nn2cnc3ccccc32)ccc1OC. The van der Waals surface area contributed by atoms with Crippen molar-refractivity contribution in [1.82, 2.24) is 9.66 Å². The lowest BCUT2D eigenvalue weighted by atomic mass is 10.2. The fourth-order valence-corrected chi connectivity index (χ4v) is 2.44. The number of amides is 1. The molecule has 1 aromatic heterocycles. The molecule has 0 spiro atoms. The van der Waals surface area contributed by atoms with Gasteiger partial charge in [-0.3, -0.25) is 10.2 Å². The summed E-state index contributed by atoms with van der Waals surface area (Å²) in [6, 6.07) is 13.1. The maximum absolute atomic E-state index is 12.2. The third-order valence-electron chi connectivity index (χ3n) is 3.60. The van der Waals surface area contributed by atoms with E-state index < -0.39 is 0 Å². The second-order valence-corrected chi connectivity index (χ2v) is 5.26. The van der Waals surface area contributed by atoms with E-state index in [1.165, 1.54) is 6.08 Å². The fourth-order valence-electron chi connectivity index (χ4n) is 2.44. The van der Waals surface area contributed by atoms with Crippen LogP contribution in [0.3, 0.4) is 0 Å². The topological polar surface area (TPSA) is 65.4 Å². The van der Waals surface area contributed by atoms with Crippen molar-refractivity contribution >= 4 is 23.0 Å². The maximum Gasteiger partial charge on any atom is 0.262 e. The Morgan fingerprint density at radius 2 is 2.08 bits per heavy atom. The van der Waals surface area contributed by atoms with E-state index in [2.05, 4.69) is 10.4 Å². The molecule has 128 valence electrons. The van der Waals surface area contributed by atoms with Crippen LogP contribution in [0.4, 0.5) is 0 Å². The Kier molecular flexibility index (Phi) is 4.99. The Balaban J connectivity index is 1.73. The van der Waals surface area contributed by atoms with Gasteiger partial charge in [0.05, 0.1) is 24.8 Å². The van der Waals surface area contributed by atoms with Crippen LogP contribution in [0.2, 0.25) is 0 Å². The van der Waals surface area contributed by atoms with Crippen molar-refractivity contribution < 1.29 is 14.3 Å². The van der Waals surface area contributed by atoms with Crippen molar-refractivity contribution in [3.8, 4) is 11.5 Å². The van der Waals surface area contributed by atoms with E-state index in [0.717, 1.165) is 16.6 Å². The number of aromatic nitrogens is 2. The monoisotopic (exact) mass is 337 g/mol. The highest BCUT2D eigenvalue weighted by atomic mass is 16.5. The molecule has 3 aromatic rings. The van der Waals surface area contributed by atoms with Crippen molar-refractivity contribution in [3.63, 3.8) is 0 Å². The van der Waals surface area contributed by atoms with Gasteiger partial charge in [-0.15, -0.1) is 0 Å². The number of fused-ring (bicyclic) bond motifs is 1. The number of methoxy groups -OCH3 is 1. The van der Waals surface area contributed by atoms with Crippen LogP contribution < -0.4 is 14.9 Å². The maximum atomic E-state index is 12.2. The lowest BCUT2D eigenvalue weighted by Crippen LogP contribution is -2.19. The minimum absolute atomic E-state index is 0.253. The van der Waals surface area contributed by atoms with Crippen molar-refractivity contribution in [2.24, 2.45) is 0 Å². The largest absolute Gasteiger partial charge is 0.493 e. The van der Waals surface area contributed by atoms with Crippen LogP contribution in [0.1, 0.15) is 12.5 Å². The molecule has 3 rings (SSSR count). The summed E-state index contributed by atoms with van der Waals surface area (Å²) in [6.07, 6.45) is 4.76. The molecular weight excluding hydrogens is 318 g/mol. The van der Waals surface area contributed by atoms with Gasteiger partial charge in [-0.2, -0.15) is 0 Å². The summed E-state index contributed by atoms with van der Waals surface area (Å²) in [4.78, 5) is 16.4. The summed E-state index contributed by atoms with van der Waals surface area (Å²) in [6.45, 7) is 2.45. The number of hydrogen-bond acceptors (Lipinski definition) is 4. The molecule has 0 radical (unpaired) electrons. The van der Waals surface area contributed by atoms with E-state index in [-0.39, 0.29) is 5.91 Å². The number of rotatable bonds is 6. The van der Waals surface area contributed by atoms with Crippen molar-refractivity contribution in [1.29, 1.82) is 0 Å². The zero-order chi connectivity index (χ0) is 17.6. The third-order valence-corrected chi connectivity index (χ3v) is 3.60. The standard InChI is InChI=1S/C19H19N3O3/c1-3-25-18-12-14(8-10-17(18)24-2)9-11-19(23)21-22-13-20-15-6-4-5-7-16(15)22/h4-13H,3H2,1-2H3,(H,21,23)/b11-9+.